The molecule has 1 aromatic carbocycles. The van der Waals surface area contributed by atoms with Crippen molar-refractivity contribution in [3.8, 4) is 0 Å². The average Bonchev–Trinajstić information content (AvgIpc) is 2.66. The number of para-hydroxylation sites is 1. The zero-order valence-electron chi connectivity index (χ0n) is 8.83. The van der Waals surface area contributed by atoms with Crippen molar-refractivity contribution in [3.05, 3.63) is 34.7 Å². The minimum Gasteiger partial charge on any atom is -0.375 e. The fraction of sp³-hybridized carbons (Fsp3) is 0.333. The largest absolute Gasteiger partial charge is 0.375 e. The maximum absolute atomic E-state index is 3.62. The summed E-state index contributed by atoms with van der Waals surface area (Å²) < 4.78 is 0. The first kappa shape index (κ1) is 9.67. The Hall–Kier alpha value is -0.540. The number of nitrogens with one attached hydrogen (secondary N) is 1. The molecule has 1 aromatic rings. The lowest BCUT2D eigenvalue weighted by atomic mass is 9.91. The van der Waals surface area contributed by atoms with Crippen LogP contribution in [0.15, 0.2) is 29.2 Å². The summed E-state index contributed by atoms with van der Waals surface area (Å²) in [6, 6.07) is 8.62. The van der Waals surface area contributed by atoms with Crippen molar-refractivity contribution >= 4 is 32.8 Å². The van der Waals surface area contributed by atoms with E-state index >= 15 is 0 Å². The van der Waals surface area contributed by atoms with E-state index in [-0.39, 0.29) is 5.54 Å². The average molecular weight is 235 g/mol. The lowest BCUT2D eigenvalue weighted by Gasteiger charge is -2.34. The summed E-state index contributed by atoms with van der Waals surface area (Å²) >= 11 is 0. The monoisotopic (exact) mass is 235 g/mol. The SMILES string of the molecule is CC1(C)Nc2ccccc2C2=C1SSC2. The fourth-order valence-corrected chi connectivity index (χ4v) is 5.23. The summed E-state index contributed by atoms with van der Waals surface area (Å²) in [5.41, 5.74) is 4.30. The van der Waals surface area contributed by atoms with Gasteiger partial charge in [-0.2, -0.15) is 0 Å². The Morgan fingerprint density at radius 2 is 2.07 bits per heavy atom. The molecule has 1 nitrogen and oxygen atoms in total. The normalized spacial score (nSPS) is 22.0. The number of anilines is 1. The molecule has 0 radical (unpaired) electrons. The summed E-state index contributed by atoms with van der Waals surface area (Å²) in [6.45, 7) is 4.52. The van der Waals surface area contributed by atoms with Crippen LogP contribution in [0, 0.1) is 0 Å². The van der Waals surface area contributed by atoms with E-state index in [9.17, 15) is 0 Å². The lowest BCUT2D eigenvalue weighted by Crippen LogP contribution is -2.35. The van der Waals surface area contributed by atoms with E-state index in [4.69, 9.17) is 0 Å². The van der Waals surface area contributed by atoms with E-state index in [0.29, 0.717) is 0 Å². The highest BCUT2D eigenvalue weighted by atomic mass is 33.1. The third-order valence-corrected chi connectivity index (χ3v) is 5.54. The highest BCUT2D eigenvalue weighted by Crippen LogP contribution is 2.54. The number of rotatable bonds is 0. The van der Waals surface area contributed by atoms with Crippen LogP contribution in [0.4, 0.5) is 5.69 Å². The summed E-state index contributed by atoms with van der Waals surface area (Å²) in [4.78, 5) is 1.51. The van der Waals surface area contributed by atoms with Gasteiger partial charge in [-0.1, -0.05) is 39.8 Å². The van der Waals surface area contributed by atoms with Gasteiger partial charge in [0.15, 0.2) is 0 Å². The molecule has 0 saturated carbocycles. The van der Waals surface area contributed by atoms with Crippen molar-refractivity contribution in [1.82, 2.24) is 0 Å². The summed E-state index contributed by atoms with van der Waals surface area (Å²) in [5.74, 6) is 1.14. The van der Waals surface area contributed by atoms with Crippen LogP contribution in [-0.4, -0.2) is 11.3 Å². The van der Waals surface area contributed by atoms with Crippen LogP contribution < -0.4 is 5.32 Å². The Kier molecular flexibility index (Phi) is 2.08. The first-order valence-corrected chi connectivity index (χ1v) is 7.41. The van der Waals surface area contributed by atoms with Crippen LogP contribution >= 0.6 is 21.6 Å². The molecule has 3 heteroatoms. The highest BCUT2D eigenvalue weighted by molar-refractivity contribution is 8.78. The van der Waals surface area contributed by atoms with Crippen LogP contribution in [0.1, 0.15) is 19.4 Å². The maximum atomic E-state index is 3.62. The molecule has 0 saturated heterocycles. The fourth-order valence-electron chi connectivity index (χ4n) is 2.19. The molecule has 0 amide bonds. The van der Waals surface area contributed by atoms with Gasteiger partial charge in [-0.05, 0) is 25.5 Å². The van der Waals surface area contributed by atoms with Crippen molar-refractivity contribution in [3.63, 3.8) is 0 Å². The third kappa shape index (κ3) is 1.41. The van der Waals surface area contributed by atoms with Crippen LogP contribution in [0.3, 0.4) is 0 Å². The Balaban J connectivity index is 2.23. The molecule has 2 heterocycles. The zero-order valence-corrected chi connectivity index (χ0v) is 10.5. The minimum absolute atomic E-state index is 0.0951. The van der Waals surface area contributed by atoms with Gasteiger partial charge >= 0.3 is 0 Å². The third-order valence-electron chi connectivity index (χ3n) is 2.89. The van der Waals surface area contributed by atoms with Crippen molar-refractivity contribution < 1.29 is 0 Å². The first-order chi connectivity index (χ1) is 7.18. The van der Waals surface area contributed by atoms with Gasteiger partial charge in [0, 0.05) is 21.9 Å². The molecule has 15 heavy (non-hydrogen) atoms. The molecule has 0 unspecified atom stereocenters. The quantitative estimate of drug-likeness (QED) is 0.683. The smallest absolute Gasteiger partial charge is 0.0639 e. The Labute approximate surface area is 98.1 Å². The molecule has 2 aliphatic heterocycles. The van der Waals surface area contributed by atoms with E-state index in [2.05, 4.69) is 43.4 Å². The standard InChI is InChI=1S/C12H13NS2/c1-12(2)11-9(7-14-15-11)8-5-3-4-6-10(8)13-12/h3-6,13H,7H2,1-2H3. The summed E-state index contributed by atoms with van der Waals surface area (Å²) in [7, 11) is 3.88. The van der Waals surface area contributed by atoms with Crippen LogP contribution in [0.5, 0.6) is 0 Å². The molecule has 0 aromatic heterocycles. The molecule has 0 bridgehead atoms. The number of hydrogen-bond donors (Lipinski definition) is 1. The minimum atomic E-state index is 0.0951. The van der Waals surface area contributed by atoms with Gasteiger partial charge in [0.25, 0.3) is 0 Å². The Bertz CT molecular complexity index is 449. The lowest BCUT2D eigenvalue weighted by molar-refractivity contribution is 0.697. The number of fused-ring (bicyclic) bond motifs is 2. The van der Waals surface area contributed by atoms with Crippen molar-refractivity contribution in [1.29, 1.82) is 0 Å². The zero-order chi connectivity index (χ0) is 10.5. The predicted octanol–water partition coefficient (Wildman–Crippen LogP) is 4.00. The Morgan fingerprint density at radius 3 is 2.93 bits per heavy atom. The van der Waals surface area contributed by atoms with Gasteiger partial charge < -0.3 is 5.32 Å². The van der Waals surface area contributed by atoms with Crippen molar-refractivity contribution in [2.75, 3.05) is 11.1 Å². The van der Waals surface area contributed by atoms with Crippen molar-refractivity contribution in [2.24, 2.45) is 0 Å². The molecular weight excluding hydrogens is 222 g/mol. The molecule has 0 aliphatic carbocycles. The molecule has 0 atom stereocenters. The predicted molar refractivity (Wildman–Crippen MR) is 71.1 cm³/mol. The number of hydrogen-bond acceptors (Lipinski definition) is 3. The number of benzene rings is 1. The highest BCUT2D eigenvalue weighted by Gasteiger charge is 2.35. The van der Waals surface area contributed by atoms with Gasteiger partial charge in [-0.3, -0.25) is 0 Å². The van der Waals surface area contributed by atoms with Gasteiger partial charge in [-0.25, -0.2) is 0 Å². The van der Waals surface area contributed by atoms with Gasteiger partial charge in [0.1, 0.15) is 0 Å². The first-order valence-electron chi connectivity index (χ1n) is 5.09. The molecule has 0 spiro atoms. The van der Waals surface area contributed by atoms with Crippen LogP contribution in [0.25, 0.3) is 5.57 Å². The molecule has 0 fully saturated rings. The molecule has 1 N–H and O–H groups in total. The Morgan fingerprint density at radius 1 is 1.27 bits per heavy atom. The topological polar surface area (TPSA) is 12.0 Å². The second kappa shape index (κ2) is 3.22. The molecule has 3 rings (SSSR count). The van der Waals surface area contributed by atoms with E-state index in [0.717, 1.165) is 5.75 Å². The van der Waals surface area contributed by atoms with E-state index in [1.807, 2.05) is 21.6 Å². The van der Waals surface area contributed by atoms with E-state index in [1.165, 1.54) is 21.7 Å². The molecule has 78 valence electrons. The van der Waals surface area contributed by atoms with Gasteiger partial charge in [-0.15, -0.1) is 0 Å². The van der Waals surface area contributed by atoms with Crippen LogP contribution in [0.2, 0.25) is 0 Å². The molecule has 2 aliphatic rings. The maximum Gasteiger partial charge on any atom is 0.0639 e. The second-order valence-electron chi connectivity index (χ2n) is 4.45. The summed E-state index contributed by atoms with van der Waals surface area (Å²) in [5, 5.41) is 3.62. The van der Waals surface area contributed by atoms with Gasteiger partial charge in [0.2, 0.25) is 0 Å². The van der Waals surface area contributed by atoms with E-state index in [1.54, 1.807) is 0 Å². The van der Waals surface area contributed by atoms with Crippen LogP contribution in [-0.2, 0) is 0 Å². The van der Waals surface area contributed by atoms with Gasteiger partial charge in [0.05, 0.1) is 5.54 Å². The van der Waals surface area contributed by atoms with Crippen molar-refractivity contribution in [2.45, 2.75) is 19.4 Å². The molecular formula is C12H13NS2. The van der Waals surface area contributed by atoms with E-state index < -0.39 is 0 Å². The summed E-state index contributed by atoms with van der Waals surface area (Å²) in [6.07, 6.45) is 0. The second-order valence-corrected chi connectivity index (χ2v) is 6.76.